The second kappa shape index (κ2) is 7.44. The number of hydrogen-bond donors (Lipinski definition) is 1. The highest BCUT2D eigenvalue weighted by molar-refractivity contribution is 5.08. The monoisotopic (exact) mass is 223 g/mol. The van der Waals surface area contributed by atoms with E-state index >= 15 is 0 Å². The van der Waals surface area contributed by atoms with Gasteiger partial charge in [-0.3, -0.25) is 0 Å². The highest BCUT2D eigenvalue weighted by Crippen LogP contribution is 2.06. The summed E-state index contributed by atoms with van der Waals surface area (Å²) in [5.74, 6) is 0. The van der Waals surface area contributed by atoms with E-state index in [1.54, 1.807) is 0 Å². The highest BCUT2D eigenvalue weighted by Gasteiger charge is 2.00. The summed E-state index contributed by atoms with van der Waals surface area (Å²) in [5, 5.41) is 3.43. The summed E-state index contributed by atoms with van der Waals surface area (Å²) in [6.07, 6.45) is 7.03. The number of rotatable bonds is 8. The van der Waals surface area contributed by atoms with Crippen LogP contribution in [0.5, 0.6) is 0 Å². The molecule has 1 aromatic heterocycles. The molecule has 0 amide bonds. The summed E-state index contributed by atoms with van der Waals surface area (Å²) in [7, 11) is 0. The van der Waals surface area contributed by atoms with Gasteiger partial charge in [-0.25, -0.2) is 4.98 Å². The Morgan fingerprint density at radius 2 is 2.00 bits per heavy atom. The first-order valence-corrected chi connectivity index (χ1v) is 6.44. The number of aryl methyl sites for hydroxylation is 2. The van der Waals surface area contributed by atoms with Gasteiger partial charge < -0.3 is 9.88 Å². The molecule has 0 aliphatic heterocycles. The first kappa shape index (κ1) is 13.2. The SMILES string of the molecule is CCCNCCCCCn1cnc(C)c1C. The molecule has 3 heteroatoms. The lowest BCUT2D eigenvalue weighted by Crippen LogP contribution is -2.15. The Morgan fingerprint density at radius 1 is 1.19 bits per heavy atom. The van der Waals surface area contributed by atoms with Crippen LogP contribution in [0, 0.1) is 13.8 Å². The van der Waals surface area contributed by atoms with Crippen LogP contribution in [-0.4, -0.2) is 22.6 Å². The van der Waals surface area contributed by atoms with Gasteiger partial charge in [0, 0.05) is 12.2 Å². The van der Waals surface area contributed by atoms with E-state index in [4.69, 9.17) is 0 Å². The van der Waals surface area contributed by atoms with Gasteiger partial charge in [-0.1, -0.05) is 13.3 Å². The maximum Gasteiger partial charge on any atom is 0.0951 e. The third-order valence-electron chi connectivity index (χ3n) is 3.02. The molecule has 0 aliphatic carbocycles. The van der Waals surface area contributed by atoms with Crippen molar-refractivity contribution in [3.63, 3.8) is 0 Å². The van der Waals surface area contributed by atoms with Gasteiger partial charge in [0.05, 0.1) is 12.0 Å². The molecular formula is C13H25N3. The number of aromatic nitrogens is 2. The van der Waals surface area contributed by atoms with E-state index in [2.05, 4.69) is 35.6 Å². The molecule has 0 saturated heterocycles. The molecule has 0 spiro atoms. The fraction of sp³-hybridized carbons (Fsp3) is 0.769. The van der Waals surface area contributed by atoms with Crippen LogP contribution in [0.25, 0.3) is 0 Å². The van der Waals surface area contributed by atoms with Crippen molar-refractivity contribution in [2.24, 2.45) is 0 Å². The molecule has 92 valence electrons. The minimum Gasteiger partial charge on any atom is -0.335 e. The number of hydrogen-bond acceptors (Lipinski definition) is 2. The lowest BCUT2D eigenvalue weighted by Gasteiger charge is -2.06. The molecule has 1 heterocycles. The summed E-state index contributed by atoms with van der Waals surface area (Å²) in [5.41, 5.74) is 2.47. The van der Waals surface area contributed by atoms with Gasteiger partial charge in [0.1, 0.15) is 0 Å². The Balaban J connectivity index is 2.05. The average Bonchev–Trinajstić information content (AvgIpc) is 2.59. The number of unbranched alkanes of at least 4 members (excludes halogenated alkanes) is 2. The third kappa shape index (κ3) is 4.35. The molecule has 0 atom stereocenters. The van der Waals surface area contributed by atoms with E-state index in [-0.39, 0.29) is 0 Å². The van der Waals surface area contributed by atoms with Crippen LogP contribution < -0.4 is 5.32 Å². The van der Waals surface area contributed by atoms with Crippen LogP contribution in [0.3, 0.4) is 0 Å². The normalized spacial score (nSPS) is 10.9. The molecule has 0 unspecified atom stereocenters. The zero-order chi connectivity index (χ0) is 11.8. The van der Waals surface area contributed by atoms with Gasteiger partial charge in [-0.15, -0.1) is 0 Å². The minimum atomic E-state index is 1.11. The molecule has 0 aliphatic rings. The molecule has 16 heavy (non-hydrogen) atoms. The fourth-order valence-electron chi connectivity index (χ4n) is 1.78. The van der Waals surface area contributed by atoms with Gasteiger partial charge >= 0.3 is 0 Å². The Hall–Kier alpha value is -0.830. The van der Waals surface area contributed by atoms with Crippen molar-refractivity contribution < 1.29 is 0 Å². The number of nitrogens with zero attached hydrogens (tertiary/aromatic N) is 2. The maximum absolute atomic E-state index is 4.31. The summed E-state index contributed by atoms with van der Waals surface area (Å²) in [6.45, 7) is 9.85. The standard InChI is InChI=1S/C13H25N3/c1-4-8-14-9-6-5-7-10-16-11-15-12(2)13(16)3/h11,14H,4-10H2,1-3H3. The van der Waals surface area contributed by atoms with Crippen LogP contribution in [-0.2, 0) is 6.54 Å². The van der Waals surface area contributed by atoms with Crippen LogP contribution in [0.2, 0.25) is 0 Å². The Morgan fingerprint density at radius 3 is 2.62 bits per heavy atom. The minimum absolute atomic E-state index is 1.11. The Bertz CT molecular complexity index is 291. The Labute approximate surface area is 99.3 Å². The number of imidazole rings is 1. The molecule has 0 bridgehead atoms. The van der Waals surface area contributed by atoms with Crippen LogP contribution in [0.15, 0.2) is 6.33 Å². The van der Waals surface area contributed by atoms with Gasteiger partial charge in [-0.05, 0) is 46.2 Å². The van der Waals surface area contributed by atoms with Gasteiger partial charge in [-0.2, -0.15) is 0 Å². The molecule has 0 fully saturated rings. The van der Waals surface area contributed by atoms with Crippen molar-refractivity contribution >= 4 is 0 Å². The summed E-state index contributed by atoms with van der Waals surface area (Å²) < 4.78 is 2.26. The third-order valence-corrected chi connectivity index (χ3v) is 3.02. The zero-order valence-electron chi connectivity index (χ0n) is 10.9. The lowest BCUT2D eigenvalue weighted by molar-refractivity contribution is 0.552. The first-order chi connectivity index (χ1) is 7.75. The predicted octanol–water partition coefficient (Wildman–Crippen LogP) is 2.67. The summed E-state index contributed by atoms with van der Waals surface area (Å²) >= 11 is 0. The van der Waals surface area contributed by atoms with E-state index in [0.717, 1.165) is 25.3 Å². The summed E-state index contributed by atoms with van der Waals surface area (Å²) in [6, 6.07) is 0. The Kier molecular flexibility index (Phi) is 6.16. The average molecular weight is 223 g/mol. The van der Waals surface area contributed by atoms with E-state index in [0.29, 0.717) is 0 Å². The van der Waals surface area contributed by atoms with Crippen molar-refractivity contribution in [3.8, 4) is 0 Å². The fourth-order valence-corrected chi connectivity index (χ4v) is 1.78. The van der Waals surface area contributed by atoms with Gasteiger partial charge in [0.25, 0.3) is 0 Å². The molecule has 0 radical (unpaired) electrons. The molecule has 0 saturated carbocycles. The van der Waals surface area contributed by atoms with Crippen molar-refractivity contribution in [1.29, 1.82) is 0 Å². The molecule has 1 aromatic rings. The lowest BCUT2D eigenvalue weighted by atomic mass is 10.2. The van der Waals surface area contributed by atoms with Crippen LogP contribution >= 0.6 is 0 Å². The molecular weight excluding hydrogens is 198 g/mol. The van der Waals surface area contributed by atoms with Crippen molar-refractivity contribution in [3.05, 3.63) is 17.7 Å². The van der Waals surface area contributed by atoms with Crippen LogP contribution in [0.1, 0.15) is 44.0 Å². The second-order valence-electron chi connectivity index (χ2n) is 4.42. The van der Waals surface area contributed by atoms with Crippen molar-refractivity contribution in [2.45, 2.75) is 53.0 Å². The topological polar surface area (TPSA) is 29.9 Å². The maximum atomic E-state index is 4.31. The molecule has 1 N–H and O–H groups in total. The summed E-state index contributed by atoms with van der Waals surface area (Å²) in [4.78, 5) is 4.31. The van der Waals surface area contributed by atoms with E-state index in [9.17, 15) is 0 Å². The van der Waals surface area contributed by atoms with Crippen LogP contribution in [0.4, 0.5) is 0 Å². The smallest absolute Gasteiger partial charge is 0.0951 e. The molecule has 1 rings (SSSR count). The predicted molar refractivity (Wildman–Crippen MR) is 68.7 cm³/mol. The van der Waals surface area contributed by atoms with Gasteiger partial charge in [0.2, 0.25) is 0 Å². The molecule has 0 aromatic carbocycles. The zero-order valence-corrected chi connectivity index (χ0v) is 10.9. The van der Waals surface area contributed by atoms with Gasteiger partial charge in [0.15, 0.2) is 0 Å². The quantitative estimate of drug-likeness (QED) is 0.687. The van der Waals surface area contributed by atoms with E-state index in [1.807, 2.05) is 6.33 Å². The van der Waals surface area contributed by atoms with Crippen molar-refractivity contribution in [1.82, 2.24) is 14.9 Å². The highest BCUT2D eigenvalue weighted by atomic mass is 15.0. The van der Waals surface area contributed by atoms with Crippen molar-refractivity contribution in [2.75, 3.05) is 13.1 Å². The molecule has 3 nitrogen and oxygen atoms in total. The second-order valence-corrected chi connectivity index (χ2v) is 4.42. The largest absolute Gasteiger partial charge is 0.335 e. The number of nitrogens with one attached hydrogen (secondary N) is 1. The first-order valence-electron chi connectivity index (χ1n) is 6.44. The van der Waals surface area contributed by atoms with E-state index < -0.39 is 0 Å². The van der Waals surface area contributed by atoms with E-state index in [1.165, 1.54) is 31.4 Å².